The van der Waals surface area contributed by atoms with Crippen LogP contribution in [-0.4, -0.2) is 33.8 Å². The van der Waals surface area contributed by atoms with Crippen molar-refractivity contribution in [3.8, 4) is 0 Å². The molecule has 1 saturated carbocycles. The van der Waals surface area contributed by atoms with Gasteiger partial charge in [-0.25, -0.2) is 9.78 Å². The number of aliphatic hydroxyl groups excluding tert-OH is 1. The minimum atomic E-state index is -1.03. The number of carbonyl (C=O) groups is 1. The normalized spacial score (nSPS) is 23.6. The number of hydrogen-bond donors (Lipinski definition) is 3. The Hall–Kier alpha value is -1.62. The van der Waals surface area contributed by atoms with E-state index in [0.29, 0.717) is 0 Å². The van der Waals surface area contributed by atoms with Gasteiger partial charge < -0.3 is 15.5 Å². The second-order valence-corrected chi connectivity index (χ2v) is 4.71. The molecule has 98 valence electrons. The molecule has 1 aliphatic rings. The lowest BCUT2D eigenvalue weighted by molar-refractivity contribution is 0.0690. The Balaban J connectivity index is 2.07. The topological polar surface area (TPSA) is 82.5 Å². The molecule has 2 atom stereocenters. The predicted molar refractivity (Wildman–Crippen MR) is 67.7 cm³/mol. The maximum Gasteiger partial charge on any atom is 0.354 e. The Bertz CT molecular complexity index is 422. The van der Waals surface area contributed by atoms with Gasteiger partial charge >= 0.3 is 5.97 Å². The predicted octanol–water partition coefficient (Wildman–Crippen LogP) is 1.74. The minimum Gasteiger partial charge on any atom is -0.477 e. The zero-order valence-corrected chi connectivity index (χ0v) is 10.2. The van der Waals surface area contributed by atoms with Gasteiger partial charge in [-0.2, -0.15) is 0 Å². The van der Waals surface area contributed by atoms with Crippen molar-refractivity contribution in [3.63, 3.8) is 0 Å². The van der Waals surface area contributed by atoms with Crippen molar-refractivity contribution in [1.29, 1.82) is 0 Å². The van der Waals surface area contributed by atoms with E-state index in [4.69, 9.17) is 5.11 Å². The third kappa shape index (κ3) is 2.98. The Morgan fingerprint density at radius 3 is 2.94 bits per heavy atom. The smallest absolute Gasteiger partial charge is 0.354 e. The first kappa shape index (κ1) is 12.8. The number of nitrogens with zero attached hydrogens (tertiary/aromatic N) is 1. The highest BCUT2D eigenvalue weighted by Crippen LogP contribution is 2.26. The molecule has 5 nitrogen and oxygen atoms in total. The van der Waals surface area contributed by atoms with E-state index >= 15 is 0 Å². The number of nitrogens with one attached hydrogen (secondary N) is 1. The standard InChI is InChI=1S/C13H18N2O3/c16-8-9-3-1-2-4-11(9)15-10-5-6-14-12(7-10)13(17)18/h5-7,9,11,16H,1-4,8H2,(H,14,15)(H,17,18). The van der Waals surface area contributed by atoms with Crippen molar-refractivity contribution in [2.24, 2.45) is 5.92 Å². The Morgan fingerprint density at radius 1 is 1.44 bits per heavy atom. The van der Waals surface area contributed by atoms with Crippen molar-refractivity contribution < 1.29 is 15.0 Å². The van der Waals surface area contributed by atoms with Crippen LogP contribution in [0, 0.1) is 5.92 Å². The van der Waals surface area contributed by atoms with E-state index in [1.807, 2.05) is 0 Å². The molecule has 1 aromatic heterocycles. The first-order chi connectivity index (χ1) is 8.70. The van der Waals surface area contributed by atoms with Crippen LogP contribution in [0.25, 0.3) is 0 Å². The number of pyridine rings is 1. The summed E-state index contributed by atoms with van der Waals surface area (Å²) in [5, 5.41) is 21.5. The monoisotopic (exact) mass is 250 g/mol. The maximum atomic E-state index is 10.8. The van der Waals surface area contributed by atoms with Crippen LogP contribution in [0.15, 0.2) is 18.3 Å². The number of anilines is 1. The number of carboxylic acids is 1. The molecule has 1 fully saturated rings. The molecule has 0 saturated heterocycles. The highest BCUT2D eigenvalue weighted by atomic mass is 16.4. The van der Waals surface area contributed by atoms with Gasteiger partial charge in [0, 0.05) is 30.5 Å². The SMILES string of the molecule is O=C(O)c1cc(NC2CCCCC2CO)ccn1. The molecule has 2 rings (SSSR count). The van der Waals surface area contributed by atoms with Gasteiger partial charge in [-0.15, -0.1) is 0 Å². The summed E-state index contributed by atoms with van der Waals surface area (Å²) in [6.07, 6.45) is 5.81. The number of rotatable bonds is 4. The number of aromatic nitrogens is 1. The molecule has 1 heterocycles. The van der Waals surface area contributed by atoms with Gasteiger partial charge in [0.1, 0.15) is 5.69 Å². The second-order valence-electron chi connectivity index (χ2n) is 4.71. The van der Waals surface area contributed by atoms with Gasteiger partial charge in [0.25, 0.3) is 0 Å². The van der Waals surface area contributed by atoms with E-state index in [0.717, 1.165) is 31.4 Å². The van der Waals surface area contributed by atoms with E-state index in [2.05, 4.69) is 10.3 Å². The summed E-state index contributed by atoms with van der Waals surface area (Å²) in [7, 11) is 0. The molecule has 3 N–H and O–H groups in total. The molecule has 2 unspecified atom stereocenters. The van der Waals surface area contributed by atoms with Crippen molar-refractivity contribution in [2.75, 3.05) is 11.9 Å². The van der Waals surface area contributed by atoms with E-state index in [1.165, 1.54) is 12.3 Å². The third-order valence-electron chi connectivity index (χ3n) is 3.47. The van der Waals surface area contributed by atoms with Gasteiger partial charge in [0.05, 0.1) is 0 Å². The molecule has 1 aromatic rings. The summed E-state index contributed by atoms with van der Waals surface area (Å²) in [6, 6.07) is 3.51. The zero-order valence-electron chi connectivity index (χ0n) is 10.2. The van der Waals surface area contributed by atoms with Crippen molar-refractivity contribution >= 4 is 11.7 Å². The molecule has 1 aliphatic carbocycles. The molecule has 5 heteroatoms. The fourth-order valence-electron chi connectivity index (χ4n) is 2.47. The molecule has 0 spiro atoms. The van der Waals surface area contributed by atoms with E-state index in [9.17, 15) is 9.90 Å². The molecular formula is C13H18N2O3. The minimum absolute atomic E-state index is 0.0383. The molecular weight excluding hydrogens is 232 g/mol. The summed E-state index contributed by atoms with van der Waals surface area (Å²) >= 11 is 0. The molecule has 18 heavy (non-hydrogen) atoms. The fraction of sp³-hybridized carbons (Fsp3) is 0.538. The molecule has 0 bridgehead atoms. The second kappa shape index (κ2) is 5.82. The van der Waals surface area contributed by atoms with E-state index in [1.54, 1.807) is 6.07 Å². The van der Waals surface area contributed by atoms with Crippen LogP contribution in [0.5, 0.6) is 0 Å². The molecule has 0 amide bonds. The summed E-state index contributed by atoms with van der Waals surface area (Å²) in [5.74, 6) is -0.777. The highest BCUT2D eigenvalue weighted by molar-refractivity contribution is 5.86. The third-order valence-corrected chi connectivity index (χ3v) is 3.47. The van der Waals surface area contributed by atoms with Crippen LogP contribution in [0.4, 0.5) is 5.69 Å². The van der Waals surface area contributed by atoms with Crippen LogP contribution in [0.3, 0.4) is 0 Å². The van der Waals surface area contributed by atoms with Crippen molar-refractivity contribution in [1.82, 2.24) is 4.98 Å². The van der Waals surface area contributed by atoms with Gasteiger partial charge in [0.2, 0.25) is 0 Å². The van der Waals surface area contributed by atoms with Crippen LogP contribution < -0.4 is 5.32 Å². The zero-order chi connectivity index (χ0) is 13.0. The summed E-state index contributed by atoms with van der Waals surface area (Å²) in [4.78, 5) is 14.6. The molecule has 0 radical (unpaired) electrons. The van der Waals surface area contributed by atoms with Crippen LogP contribution in [0.2, 0.25) is 0 Å². The summed E-state index contributed by atoms with van der Waals surface area (Å²) in [5.41, 5.74) is 0.795. The summed E-state index contributed by atoms with van der Waals surface area (Å²) in [6.45, 7) is 0.175. The van der Waals surface area contributed by atoms with E-state index in [-0.39, 0.29) is 24.3 Å². The Labute approximate surface area is 106 Å². The lowest BCUT2D eigenvalue weighted by Gasteiger charge is -2.31. The molecule has 0 aliphatic heterocycles. The van der Waals surface area contributed by atoms with Crippen LogP contribution in [0.1, 0.15) is 36.2 Å². The largest absolute Gasteiger partial charge is 0.477 e. The quantitative estimate of drug-likeness (QED) is 0.758. The van der Waals surface area contributed by atoms with Gasteiger partial charge in [0.15, 0.2) is 0 Å². The Kier molecular flexibility index (Phi) is 4.15. The Morgan fingerprint density at radius 2 is 2.22 bits per heavy atom. The van der Waals surface area contributed by atoms with Gasteiger partial charge in [-0.1, -0.05) is 12.8 Å². The summed E-state index contributed by atoms with van der Waals surface area (Å²) < 4.78 is 0. The average Bonchev–Trinajstić information content (AvgIpc) is 2.39. The van der Waals surface area contributed by atoms with Crippen LogP contribution >= 0.6 is 0 Å². The molecule has 0 aromatic carbocycles. The van der Waals surface area contributed by atoms with Crippen molar-refractivity contribution in [2.45, 2.75) is 31.7 Å². The number of aromatic carboxylic acids is 1. The van der Waals surface area contributed by atoms with Crippen LogP contribution in [-0.2, 0) is 0 Å². The number of carboxylic acid groups (broad SMARTS) is 1. The number of aliphatic hydroxyl groups is 1. The van der Waals surface area contributed by atoms with Crippen molar-refractivity contribution in [3.05, 3.63) is 24.0 Å². The highest BCUT2D eigenvalue weighted by Gasteiger charge is 2.24. The average molecular weight is 250 g/mol. The van der Waals surface area contributed by atoms with Gasteiger partial charge in [-0.05, 0) is 25.0 Å². The first-order valence-electron chi connectivity index (χ1n) is 6.27. The fourth-order valence-corrected chi connectivity index (χ4v) is 2.47. The lowest BCUT2D eigenvalue weighted by Crippen LogP contribution is -2.34. The number of hydrogen-bond acceptors (Lipinski definition) is 4. The van der Waals surface area contributed by atoms with E-state index < -0.39 is 5.97 Å². The maximum absolute atomic E-state index is 10.8. The first-order valence-corrected chi connectivity index (χ1v) is 6.27. The van der Waals surface area contributed by atoms with Gasteiger partial charge in [-0.3, -0.25) is 0 Å². The lowest BCUT2D eigenvalue weighted by atomic mass is 9.85.